The van der Waals surface area contributed by atoms with Crippen LogP contribution >= 0.6 is 11.6 Å². The van der Waals surface area contributed by atoms with E-state index >= 15 is 0 Å². The van der Waals surface area contributed by atoms with Crippen molar-refractivity contribution in [3.05, 3.63) is 22.7 Å². The number of nitrogens with two attached hydrogens (primary N) is 1. The van der Waals surface area contributed by atoms with Crippen molar-refractivity contribution in [1.29, 1.82) is 0 Å². The van der Waals surface area contributed by atoms with Crippen LogP contribution in [0.2, 0.25) is 5.02 Å². The highest BCUT2D eigenvalue weighted by Gasteiger charge is 2.23. The summed E-state index contributed by atoms with van der Waals surface area (Å²) >= 11 is 6.20. The first kappa shape index (κ1) is 13.5. The van der Waals surface area contributed by atoms with Gasteiger partial charge in [-0.15, -0.1) is 0 Å². The van der Waals surface area contributed by atoms with E-state index < -0.39 is 0 Å². The number of ether oxygens (including phenoxy) is 2. The molecule has 0 radical (unpaired) electrons. The third-order valence-corrected chi connectivity index (χ3v) is 3.28. The van der Waals surface area contributed by atoms with Crippen molar-refractivity contribution in [2.45, 2.75) is 32.2 Å². The topological polar surface area (TPSA) is 44.5 Å². The summed E-state index contributed by atoms with van der Waals surface area (Å²) in [5.41, 5.74) is 6.90. The fourth-order valence-corrected chi connectivity index (χ4v) is 2.22. The van der Waals surface area contributed by atoms with E-state index in [-0.39, 0.29) is 6.04 Å². The average molecular weight is 270 g/mol. The minimum Gasteiger partial charge on any atom is -0.491 e. The van der Waals surface area contributed by atoms with Crippen molar-refractivity contribution >= 4 is 11.6 Å². The minimum atomic E-state index is 0.103. The lowest BCUT2D eigenvalue weighted by Crippen LogP contribution is -2.17. The normalized spacial score (nSPS) is 16.4. The molecule has 0 aromatic heterocycles. The molecular formula is C14H20ClNO2. The van der Waals surface area contributed by atoms with Gasteiger partial charge in [0.25, 0.3) is 0 Å². The molecule has 0 aliphatic heterocycles. The molecule has 1 fully saturated rings. The Balaban J connectivity index is 2.18. The highest BCUT2D eigenvalue weighted by atomic mass is 35.5. The molecule has 1 atom stereocenters. The Morgan fingerprint density at radius 1 is 1.44 bits per heavy atom. The molecule has 100 valence electrons. The quantitative estimate of drug-likeness (QED) is 0.863. The zero-order chi connectivity index (χ0) is 13.1. The number of benzene rings is 1. The summed E-state index contributed by atoms with van der Waals surface area (Å²) in [6.45, 7) is 2.72. The molecule has 1 aliphatic carbocycles. The predicted octanol–water partition coefficient (Wildman–Crippen LogP) is 3.03. The third-order valence-electron chi connectivity index (χ3n) is 3.00. The van der Waals surface area contributed by atoms with E-state index in [1.54, 1.807) is 7.11 Å². The monoisotopic (exact) mass is 269 g/mol. The molecule has 1 saturated carbocycles. The molecule has 1 aromatic rings. The summed E-state index contributed by atoms with van der Waals surface area (Å²) in [4.78, 5) is 0. The van der Waals surface area contributed by atoms with Crippen LogP contribution in [-0.4, -0.2) is 19.8 Å². The van der Waals surface area contributed by atoms with Crippen LogP contribution < -0.4 is 15.2 Å². The van der Waals surface area contributed by atoms with Gasteiger partial charge < -0.3 is 15.2 Å². The van der Waals surface area contributed by atoms with Gasteiger partial charge in [0.05, 0.1) is 18.7 Å². The van der Waals surface area contributed by atoms with Gasteiger partial charge in [-0.05, 0) is 49.8 Å². The average Bonchev–Trinajstić information content (AvgIpc) is 3.08. The first-order valence-electron chi connectivity index (χ1n) is 6.35. The van der Waals surface area contributed by atoms with E-state index in [1.165, 1.54) is 12.8 Å². The van der Waals surface area contributed by atoms with Crippen molar-refractivity contribution in [3.63, 3.8) is 0 Å². The van der Waals surface area contributed by atoms with Gasteiger partial charge in [-0.2, -0.15) is 0 Å². The molecule has 1 unspecified atom stereocenters. The van der Waals surface area contributed by atoms with Crippen LogP contribution in [0.1, 0.15) is 25.3 Å². The molecule has 0 bridgehead atoms. The molecule has 4 heteroatoms. The Hall–Kier alpha value is -0.930. The molecule has 0 spiro atoms. The van der Waals surface area contributed by atoms with Crippen LogP contribution in [0.5, 0.6) is 11.5 Å². The van der Waals surface area contributed by atoms with Crippen LogP contribution in [0.4, 0.5) is 0 Å². The maximum Gasteiger partial charge on any atom is 0.179 e. The van der Waals surface area contributed by atoms with Crippen LogP contribution in [-0.2, 0) is 6.42 Å². The first-order chi connectivity index (χ1) is 8.60. The van der Waals surface area contributed by atoms with Crippen LogP contribution in [0.3, 0.4) is 0 Å². The first-order valence-corrected chi connectivity index (χ1v) is 6.72. The Morgan fingerprint density at radius 2 is 2.17 bits per heavy atom. The smallest absolute Gasteiger partial charge is 0.179 e. The molecule has 0 saturated heterocycles. The second-order valence-electron chi connectivity index (χ2n) is 5.04. The molecular weight excluding hydrogens is 250 g/mol. The lowest BCUT2D eigenvalue weighted by Gasteiger charge is -2.14. The fourth-order valence-electron chi connectivity index (χ4n) is 1.91. The van der Waals surface area contributed by atoms with Gasteiger partial charge in [-0.1, -0.05) is 11.6 Å². The predicted molar refractivity (Wildman–Crippen MR) is 73.6 cm³/mol. The van der Waals surface area contributed by atoms with Crippen molar-refractivity contribution < 1.29 is 9.47 Å². The number of rotatable bonds is 6. The van der Waals surface area contributed by atoms with Gasteiger partial charge in [0.2, 0.25) is 0 Å². The SMILES string of the molecule is COc1c(Cl)cc(CC(C)N)cc1OCC1CC1. The summed E-state index contributed by atoms with van der Waals surface area (Å²) in [7, 11) is 1.61. The van der Waals surface area contributed by atoms with E-state index in [2.05, 4.69) is 0 Å². The van der Waals surface area contributed by atoms with Crippen molar-refractivity contribution in [2.24, 2.45) is 11.7 Å². The molecule has 1 aliphatic rings. The second kappa shape index (κ2) is 5.81. The maximum absolute atomic E-state index is 6.20. The van der Waals surface area contributed by atoms with E-state index in [4.69, 9.17) is 26.8 Å². The minimum absolute atomic E-state index is 0.103. The number of hydrogen-bond donors (Lipinski definition) is 1. The summed E-state index contributed by atoms with van der Waals surface area (Å²) in [6, 6.07) is 3.98. The Morgan fingerprint density at radius 3 is 2.72 bits per heavy atom. The molecule has 2 rings (SSSR count). The lowest BCUT2D eigenvalue weighted by atomic mass is 10.1. The maximum atomic E-state index is 6.20. The van der Waals surface area contributed by atoms with E-state index in [0.29, 0.717) is 16.7 Å². The van der Waals surface area contributed by atoms with Gasteiger partial charge in [0.15, 0.2) is 11.5 Å². The zero-order valence-electron chi connectivity index (χ0n) is 10.9. The van der Waals surface area contributed by atoms with Crippen molar-refractivity contribution in [1.82, 2.24) is 0 Å². The largest absolute Gasteiger partial charge is 0.491 e. The van der Waals surface area contributed by atoms with Gasteiger partial charge in [0.1, 0.15) is 0 Å². The summed E-state index contributed by atoms with van der Waals surface area (Å²) < 4.78 is 11.1. The van der Waals surface area contributed by atoms with Crippen molar-refractivity contribution in [2.75, 3.05) is 13.7 Å². The molecule has 1 aromatic carbocycles. The van der Waals surface area contributed by atoms with Crippen LogP contribution in [0.15, 0.2) is 12.1 Å². The van der Waals surface area contributed by atoms with E-state index in [9.17, 15) is 0 Å². The fraction of sp³-hybridized carbons (Fsp3) is 0.571. The molecule has 18 heavy (non-hydrogen) atoms. The molecule has 3 nitrogen and oxygen atoms in total. The lowest BCUT2D eigenvalue weighted by molar-refractivity contribution is 0.280. The highest BCUT2D eigenvalue weighted by Crippen LogP contribution is 2.38. The number of methoxy groups -OCH3 is 1. The molecule has 2 N–H and O–H groups in total. The van der Waals surface area contributed by atoms with Gasteiger partial charge in [-0.3, -0.25) is 0 Å². The molecule has 0 amide bonds. The zero-order valence-corrected chi connectivity index (χ0v) is 11.7. The van der Waals surface area contributed by atoms with Crippen LogP contribution in [0.25, 0.3) is 0 Å². The van der Waals surface area contributed by atoms with Crippen LogP contribution in [0, 0.1) is 5.92 Å². The van der Waals surface area contributed by atoms with Gasteiger partial charge in [-0.25, -0.2) is 0 Å². The Labute approximate surface area is 113 Å². The standard InChI is InChI=1S/C14H20ClNO2/c1-9(16)5-11-6-12(15)14(17-2)13(7-11)18-8-10-3-4-10/h6-7,9-10H,3-5,8,16H2,1-2H3. The van der Waals surface area contributed by atoms with Gasteiger partial charge >= 0.3 is 0 Å². The van der Waals surface area contributed by atoms with Crippen molar-refractivity contribution in [3.8, 4) is 11.5 Å². The summed E-state index contributed by atoms with van der Waals surface area (Å²) in [6.07, 6.45) is 3.30. The van der Waals surface area contributed by atoms with Gasteiger partial charge in [0, 0.05) is 6.04 Å². The molecule has 0 heterocycles. The Bertz CT molecular complexity index is 417. The summed E-state index contributed by atoms with van der Waals surface area (Å²) in [5, 5.41) is 0.585. The van der Waals surface area contributed by atoms with E-state index in [0.717, 1.165) is 24.3 Å². The highest BCUT2D eigenvalue weighted by molar-refractivity contribution is 6.32. The number of hydrogen-bond acceptors (Lipinski definition) is 3. The number of halogens is 1. The second-order valence-corrected chi connectivity index (χ2v) is 5.45. The Kier molecular flexibility index (Phi) is 4.36. The van der Waals surface area contributed by atoms with E-state index in [1.807, 2.05) is 19.1 Å². The third kappa shape index (κ3) is 3.53. The summed E-state index contributed by atoms with van der Waals surface area (Å²) in [5.74, 6) is 2.05.